The van der Waals surface area contributed by atoms with Gasteiger partial charge < -0.3 is 19.9 Å². The van der Waals surface area contributed by atoms with Gasteiger partial charge in [-0.25, -0.2) is 4.99 Å². The number of esters is 1. The van der Waals surface area contributed by atoms with Gasteiger partial charge in [-0.15, -0.1) is 35.3 Å². The van der Waals surface area contributed by atoms with Crippen LogP contribution in [0.15, 0.2) is 16.4 Å². The van der Waals surface area contributed by atoms with Crippen LogP contribution in [-0.2, 0) is 27.3 Å². The fourth-order valence-corrected chi connectivity index (χ4v) is 4.51. The van der Waals surface area contributed by atoms with Crippen LogP contribution in [0.3, 0.4) is 0 Å². The number of hydrogen-bond acceptors (Lipinski definition) is 5. The minimum atomic E-state index is -0.135. The Labute approximate surface area is 187 Å². The molecule has 1 amide bonds. The van der Waals surface area contributed by atoms with Gasteiger partial charge in [0, 0.05) is 37.6 Å². The van der Waals surface area contributed by atoms with Crippen LogP contribution in [0.5, 0.6) is 0 Å². The monoisotopic (exact) mass is 520 g/mol. The Kier molecular flexibility index (Phi) is 9.00. The molecule has 1 aromatic heterocycles. The van der Waals surface area contributed by atoms with Crippen LogP contribution in [0, 0.1) is 5.92 Å². The van der Waals surface area contributed by atoms with Crippen LogP contribution in [0.25, 0.3) is 0 Å². The number of rotatable bonds is 4. The lowest BCUT2D eigenvalue weighted by Gasteiger charge is -2.33. The third-order valence-corrected chi connectivity index (χ3v) is 6.21. The fraction of sp³-hybridized carbons (Fsp3) is 0.632. The molecule has 0 radical (unpaired) electrons. The van der Waals surface area contributed by atoms with Crippen LogP contribution in [-0.4, -0.2) is 67.5 Å². The number of aliphatic imine (C=N–C) groups is 1. The number of amides is 1. The Bertz CT molecular complexity index is 701. The molecule has 7 nitrogen and oxygen atoms in total. The third-order valence-electron chi connectivity index (χ3n) is 5.19. The maximum atomic E-state index is 12.6. The van der Waals surface area contributed by atoms with Gasteiger partial charge in [0.15, 0.2) is 5.96 Å². The molecular weight excluding hydrogens is 491 g/mol. The molecule has 3 heterocycles. The lowest BCUT2D eigenvalue weighted by molar-refractivity contribution is -0.146. The van der Waals surface area contributed by atoms with E-state index in [0.717, 1.165) is 51.4 Å². The summed E-state index contributed by atoms with van der Waals surface area (Å²) < 4.78 is 4.85. The van der Waals surface area contributed by atoms with Crippen molar-refractivity contribution in [2.45, 2.75) is 32.7 Å². The van der Waals surface area contributed by atoms with E-state index in [1.165, 1.54) is 17.6 Å². The van der Waals surface area contributed by atoms with Gasteiger partial charge in [-0.1, -0.05) is 0 Å². The number of guanidine groups is 1. The van der Waals surface area contributed by atoms with E-state index in [1.54, 1.807) is 11.3 Å². The number of thiophene rings is 1. The Balaban J connectivity index is 0.00000280. The standard InChI is InChI=1S/C19H28N4O3S.HI/c1-3-20-19(22-8-4-14(5-9-22)18(25)26-2)21-12-17(24)23-10-6-16-15(13-23)7-11-27-16;/h7,11,14H,3-6,8-10,12-13H2,1-2H3,(H,20,21);1H. The van der Waals surface area contributed by atoms with Crippen LogP contribution < -0.4 is 5.32 Å². The number of nitrogens with zero attached hydrogens (tertiary/aromatic N) is 3. The second kappa shape index (κ2) is 11.0. The van der Waals surface area contributed by atoms with E-state index in [1.807, 2.05) is 11.8 Å². The predicted molar refractivity (Wildman–Crippen MR) is 121 cm³/mol. The number of halogens is 1. The second-order valence-electron chi connectivity index (χ2n) is 6.89. The van der Waals surface area contributed by atoms with E-state index in [0.29, 0.717) is 6.54 Å². The highest BCUT2D eigenvalue weighted by molar-refractivity contribution is 14.0. The molecule has 0 spiro atoms. The lowest BCUT2D eigenvalue weighted by Crippen LogP contribution is -2.47. The van der Waals surface area contributed by atoms with Crippen LogP contribution in [0.2, 0.25) is 0 Å². The molecule has 0 bridgehead atoms. The van der Waals surface area contributed by atoms with E-state index in [-0.39, 0.29) is 48.3 Å². The number of carbonyl (C=O) groups excluding carboxylic acids is 2. The molecule has 2 aliphatic rings. The number of carbonyl (C=O) groups is 2. The molecule has 1 fully saturated rings. The van der Waals surface area contributed by atoms with Gasteiger partial charge in [0.05, 0.1) is 13.0 Å². The van der Waals surface area contributed by atoms with E-state index >= 15 is 0 Å². The molecule has 0 saturated carbocycles. The van der Waals surface area contributed by atoms with Gasteiger partial charge in [-0.05, 0) is 43.2 Å². The fourth-order valence-electron chi connectivity index (χ4n) is 3.62. The van der Waals surface area contributed by atoms with Gasteiger partial charge in [0.25, 0.3) is 0 Å². The lowest BCUT2D eigenvalue weighted by atomic mass is 9.97. The molecule has 0 aromatic carbocycles. The summed E-state index contributed by atoms with van der Waals surface area (Å²) in [4.78, 5) is 34.3. The summed E-state index contributed by atoms with van der Waals surface area (Å²) in [6.45, 7) is 5.84. The quantitative estimate of drug-likeness (QED) is 0.285. The minimum absolute atomic E-state index is 0. The van der Waals surface area contributed by atoms with Gasteiger partial charge in [0.2, 0.25) is 5.91 Å². The summed E-state index contributed by atoms with van der Waals surface area (Å²) in [5.41, 5.74) is 1.26. The molecule has 9 heteroatoms. The molecule has 28 heavy (non-hydrogen) atoms. The summed E-state index contributed by atoms with van der Waals surface area (Å²) in [6.07, 6.45) is 2.43. The van der Waals surface area contributed by atoms with Crippen molar-refractivity contribution in [2.24, 2.45) is 10.9 Å². The molecular formula is C19H29IN4O3S. The molecule has 0 unspecified atom stereocenters. The van der Waals surface area contributed by atoms with Gasteiger partial charge in [0.1, 0.15) is 6.54 Å². The van der Waals surface area contributed by atoms with Crippen LogP contribution >= 0.6 is 35.3 Å². The van der Waals surface area contributed by atoms with Gasteiger partial charge in [-0.2, -0.15) is 0 Å². The predicted octanol–water partition coefficient (Wildman–Crippen LogP) is 2.10. The van der Waals surface area contributed by atoms with Gasteiger partial charge in [-0.3, -0.25) is 9.59 Å². The highest BCUT2D eigenvalue weighted by Crippen LogP contribution is 2.24. The molecule has 0 atom stereocenters. The first-order valence-corrected chi connectivity index (χ1v) is 10.4. The molecule has 1 aromatic rings. The Hall–Kier alpha value is -1.36. The molecule has 2 aliphatic heterocycles. The zero-order chi connectivity index (χ0) is 19.2. The van der Waals surface area contributed by atoms with Crippen molar-refractivity contribution >= 4 is 53.1 Å². The SMILES string of the molecule is CCNC(=NCC(=O)N1CCc2sccc2C1)N1CCC(C(=O)OC)CC1.I. The first kappa shape index (κ1) is 22.9. The number of fused-ring (bicyclic) bond motifs is 1. The number of nitrogens with one attached hydrogen (secondary N) is 1. The average molecular weight is 520 g/mol. The Morgan fingerprint density at radius 2 is 2.04 bits per heavy atom. The zero-order valence-electron chi connectivity index (χ0n) is 16.5. The normalized spacial score (nSPS) is 17.6. The second-order valence-corrected chi connectivity index (χ2v) is 7.89. The molecule has 1 saturated heterocycles. The summed E-state index contributed by atoms with van der Waals surface area (Å²) in [6, 6.07) is 2.11. The average Bonchev–Trinajstić information content (AvgIpc) is 3.18. The van der Waals surface area contributed by atoms with Crippen LogP contribution in [0.4, 0.5) is 0 Å². The first-order valence-electron chi connectivity index (χ1n) is 9.56. The Morgan fingerprint density at radius 3 is 2.71 bits per heavy atom. The topological polar surface area (TPSA) is 74.2 Å². The van der Waals surface area contributed by atoms with Crippen molar-refractivity contribution in [1.29, 1.82) is 0 Å². The smallest absolute Gasteiger partial charge is 0.308 e. The van der Waals surface area contributed by atoms with Gasteiger partial charge >= 0.3 is 5.97 Å². The molecule has 0 aliphatic carbocycles. The number of piperidine rings is 1. The van der Waals surface area contributed by atoms with E-state index in [9.17, 15) is 9.59 Å². The molecule has 1 N–H and O–H groups in total. The summed E-state index contributed by atoms with van der Waals surface area (Å²) in [7, 11) is 1.44. The number of hydrogen-bond donors (Lipinski definition) is 1. The van der Waals surface area contributed by atoms with E-state index in [4.69, 9.17) is 4.74 Å². The number of methoxy groups -OCH3 is 1. The van der Waals surface area contributed by atoms with Crippen molar-refractivity contribution in [3.63, 3.8) is 0 Å². The van der Waals surface area contributed by atoms with Crippen molar-refractivity contribution < 1.29 is 14.3 Å². The van der Waals surface area contributed by atoms with Crippen molar-refractivity contribution in [3.8, 4) is 0 Å². The van der Waals surface area contributed by atoms with E-state index in [2.05, 4.69) is 26.7 Å². The first-order chi connectivity index (χ1) is 13.1. The zero-order valence-corrected chi connectivity index (χ0v) is 19.6. The maximum absolute atomic E-state index is 12.6. The molecule has 3 rings (SSSR count). The van der Waals surface area contributed by atoms with Crippen molar-refractivity contribution in [1.82, 2.24) is 15.1 Å². The summed E-state index contributed by atoms with van der Waals surface area (Å²) >= 11 is 1.77. The highest BCUT2D eigenvalue weighted by Gasteiger charge is 2.27. The maximum Gasteiger partial charge on any atom is 0.308 e. The summed E-state index contributed by atoms with van der Waals surface area (Å²) in [5.74, 6) is 0.641. The van der Waals surface area contributed by atoms with Crippen LogP contribution in [0.1, 0.15) is 30.2 Å². The summed E-state index contributed by atoms with van der Waals surface area (Å²) in [5, 5.41) is 5.37. The van der Waals surface area contributed by atoms with E-state index < -0.39 is 0 Å². The third kappa shape index (κ3) is 5.59. The van der Waals surface area contributed by atoms with Crippen molar-refractivity contribution in [2.75, 3.05) is 39.8 Å². The Morgan fingerprint density at radius 1 is 1.29 bits per heavy atom. The van der Waals surface area contributed by atoms with Crippen molar-refractivity contribution in [3.05, 3.63) is 21.9 Å². The molecule has 156 valence electrons. The number of likely N-dealkylation sites (tertiary alicyclic amines) is 1. The highest BCUT2D eigenvalue weighted by atomic mass is 127. The minimum Gasteiger partial charge on any atom is -0.469 e. The largest absolute Gasteiger partial charge is 0.469 e. The number of ether oxygens (including phenoxy) is 1.